The molecule has 17 heavy (non-hydrogen) atoms. The van der Waals surface area contributed by atoms with Crippen molar-refractivity contribution in [2.45, 2.75) is 51.5 Å². The summed E-state index contributed by atoms with van der Waals surface area (Å²) in [6, 6.07) is 0. The van der Waals surface area contributed by atoms with Gasteiger partial charge in [0.2, 0.25) is 0 Å². The zero-order chi connectivity index (χ0) is 12.5. The summed E-state index contributed by atoms with van der Waals surface area (Å²) in [7, 11) is 0. The molecule has 1 aliphatic carbocycles. The number of carboxylic acid groups (broad SMARTS) is 1. The number of aliphatic carboxylic acids is 1. The Labute approximate surface area is 102 Å². The van der Waals surface area contributed by atoms with Gasteiger partial charge in [-0.1, -0.05) is 13.3 Å². The summed E-state index contributed by atoms with van der Waals surface area (Å²) in [6.45, 7) is 4.05. The normalized spacial score (nSPS) is 29.2. The summed E-state index contributed by atoms with van der Waals surface area (Å²) in [5.41, 5.74) is -0.758. The maximum Gasteiger partial charge on any atom is 0.329 e. The molecule has 0 amide bonds. The Kier molecular flexibility index (Phi) is 3.22. The first kappa shape index (κ1) is 12.1. The van der Waals surface area contributed by atoms with E-state index in [1.54, 1.807) is 12.4 Å². The molecule has 2 rings (SSSR count). The second kappa shape index (κ2) is 4.51. The van der Waals surface area contributed by atoms with Gasteiger partial charge in [-0.15, -0.1) is 0 Å². The number of hydrogen-bond acceptors (Lipinski definition) is 2. The number of aromatic nitrogens is 2. The van der Waals surface area contributed by atoms with Crippen LogP contribution in [-0.4, -0.2) is 20.6 Å². The first-order valence-corrected chi connectivity index (χ1v) is 6.34. The van der Waals surface area contributed by atoms with Gasteiger partial charge in [0, 0.05) is 12.4 Å². The van der Waals surface area contributed by atoms with Crippen molar-refractivity contribution in [2.75, 3.05) is 0 Å². The number of aryl methyl sites for hydroxylation is 1. The highest BCUT2D eigenvalue weighted by atomic mass is 16.4. The molecule has 0 atom stereocenters. The van der Waals surface area contributed by atoms with Gasteiger partial charge in [-0.2, -0.15) is 0 Å². The maximum absolute atomic E-state index is 11.7. The minimum Gasteiger partial charge on any atom is -0.479 e. The van der Waals surface area contributed by atoms with Crippen LogP contribution in [0, 0.1) is 12.8 Å². The quantitative estimate of drug-likeness (QED) is 0.877. The minimum atomic E-state index is -0.758. The van der Waals surface area contributed by atoms with Gasteiger partial charge in [0.1, 0.15) is 11.4 Å². The van der Waals surface area contributed by atoms with E-state index in [-0.39, 0.29) is 0 Å². The summed E-state index contributed by atoms with van der Waals surface area (Å²) in [5, 5.41) is 9.60. The third kappa shape index (κ3) is 1.96. The van der Waals surface area contributed by atoms with Crippen molar-refractivity contribution in [1.82, 2.24) is 9.55 Å². The van der Waals surface area contributed by atoms with Gasteiger partial charge >= 0.3 is 5.97 Å². The van der Waals surface area contributed by atoms with Crippen LogP contribution in [0.2, 0.25) is 0 Å². The molecule has 1 heterocycles. The summed E-state index contributed by atoms with van der Waals surface area (Å²) in [4.78, 5) is 15.8. The van der Waals surface area contributed by atoms with Crippen molar-refractivity contribution >= 4 is 5.97 Å². The topological polar surface area (TPSA) is 55.1 Å². The van der Waals surface area contributed by atoms with Crippen molar-refractivity contribution < 1.29 is 9.90 Å². The van der Waals surface area contributed by atoms with Crippen molar-refractivity contribution in [3.8, 4) is 0 Å². The van der Waals surface area contributed by atoms with Crippen molar-refractivity contribution in [3.63, 3.8) is 0 Å². The molecule has 0 bridgehead atoms. The third-order valence-corrected chi connectivity index (χ3v) is 4.19. The van der Waals surface area contributed by atoms with Crippen LogP contribution >= 0.6 is 0 Å². The highest BCUT2D eigenvalue weighted by Crippen LogP contribution is 2.39. The molecule has 94 valence electrons. The molecule has 0 unspecified atom stereocenters. The molecule has 0 saturated heterocycles. The van der Waals surface area contributed by atoms with Gasteiger partial charge in [-0.05, 0) is 38.5 Å². The van der Waals surface area contributed by atoms with E-state index in [1.807, 2.05) is 11.5 Å². The summed E-state index contributed by atoms with van der Waals surface area (Å²) in [6.07, 6.45) is 8.08. The molecule has 1 aromatic rings. The lowest BCUT2D eigenvalue weighted by atomic mass is 9.75. The molecule has 0 radical (unpaired) electrons. The van der Waals surface area contributed by atoms with Crippen LogP contribution in [-0.2, 0) is 10.3 Å². The van der Waals surface area contributed by atoms with Crippen molar-refractivity contribution in [1.29, 1.82) is 0 Å². The number of carboxylic acids is 1. The van der Waals surface area contributed by atoms with E-state index in [9.17, 15) is 9.90 Å². The molecule has 0 spiro atoms. The van der Waals surface area contributed by atoms with E-state index in [0.29, 0.717) is 5.92 Å². The largest absolute Gasteiger partial charge is 0.479 e. The van der Waals surface area contributed by atoms with Gasteiger partial charge in [0.25, 0.3) is 0 Å². The van der Waals surface area contributed by atoms with Crippen LogP contribution in [0.3, 0.4) is 0 Å². The van der Waals surface area contributed by atoms with Gasteiger partial charge in [0.15, 0.2) is 0 Å². The highest BCUT2D eigenvalue weighted by Gasteiger charge is 2.43. The molecular formula is C13H20N2O2. The van der Waals surface area contributed by atoms with Crippen LogP contribution < -0.4 is 0 Å². The van der Waals surface area contributed by atoms with Crippen molar-refractivity contribution in [2.24, 2.45) is 5.92 Å². The maximum atomic E-state index is 11.7. The monoisotopic (exact) mass is 236 g/mol. The number of imidazole rings is 1. The Morgan fingerprint density at radius 3 is 2.65 bits per heavy atom. The lowest BCUT2D eigenvalue weighted by Gasteiger charge is -2.38. The summed E-state index contributed by atoms with van der Waals surface area (Å²) in [5.74, 6) is 0.766. The molecule has 1 saturated carbocycles. The first-order chi connectivity index (χ1) is 8.10. The average molecular weight is 236 g/mol. The van der Waals surface area contributed by atoms with Gasteiger partial charge in [0.05, 0.1) is 0 Å². The molecule has 0 aromatic carbocycles. The Balaban J connectivity index is 2.30. The van der Waals surface area contributed by atoms with E-state index < -0.39 is 11.5 Å². The molecule has 1 N–H and O–H groups in total. The average Bonchev–Trinajstić information content (AvgIpc) is 2.76. The van der Waals surface area contributed by atoms with Crippen molar-refractivity contribution in [3.05, 3.63) is 18.2 Å². The smallest absolute Gasteiger partial charge is 0.329 e. The molecule has 4 heteroatoms. The zero-order valence-corrected chi connectivity index (χ0v) is 10.5. The summed E-state index contributed by atoms with van der Waals surface area (Å²) < 4.78 is 1.85. The van der Waals surface area contributed by atoms with E-state index in [2.05, 4.69) is 11.9 Å². The molecule has 0 aliphatic heterocycles. The standard InChI is InChI=1S/C13H20N2O2/c1-3-11-4-6-13(7-5-11,12(16)17)15-9-8-14-10(15)2/h8-9,11H,3-7H2,1-2H3,(H,16,17). The number of hydrogen-bond donors (Lipinski definition) is 1. The fourth-order valence-corrected chi connectivity index (χ4v) is 2.95. The number of nitrogens with zero attached hydrogens (tertiary/aromatic N) is 2. The minimum absolute atomic E-state index is 0.686. The van der Waals surface area contributed by atoms with Crippen LogP contribution in [0.4, 0.5) is 0 Å². The lowest BCUT2D eigenvalue weighted by molar-refractivity contribution is -0.150. The molecule has 1 aliphatic rings. The lowest BCUT2D eigenvalue weighted by Crippen LogP contribution is -2.45. The van der Waals surface area contributed by atoms with Crippen LogP contribution in [0.25, 0.3) is 0 Å². The van der Waals surface area contributed by atoms with Gasteiger partial charge in [-0.3, -0.25) is 0 Å². The van der Waals surface area contributed by atoms with Gasteiger partial charge in [-0.25, -0.2) is 9.78 Å². The van der Waals surface area contributed by atoms with E-state index in [4.69, 9.17) is 0 Å². The fourth-order valence-electron chi connectivity index (χ4n) is 2.95. The second-order valence-electron chi connectivity index (χ2n) is 5.03. The Morgan fingerprint density at radius 2 is 2.24 bits per heavy atom. The Bertz CT molecular complexity index is 403. The van der Waals surface area contributed by atoms with Crippen LogP contribution in [0.15, 0.2) is 12.4 Å². The van der Waals surface area contributed by atoms with E-state index in [0.717, 1.165) is 37.9 Å². The molecule has 1 aromatic heterocycles. The molecule has 4 nitrogen and oxygen atoms in total. The predicted octanol–water partition coefficient (Wildman–Crippen LogP) is 2.57. The zero-order valence-electron chi connectivity index (χ0n) is 10.5. The molecular weight excluding hydrogens is 216 g/mol. The number of rotatable bonds is 3. The third-order valence-electron chi connectivity index (χ3n) is 4.19. The Morgan fingerprint density at radius 1 is 1.59 bits per heavy atom. The fraction of sp³-hybridized carbons (Fsp3) is 0.692. The predicted molar refractivity (Wildman–Crippen MR) is 64.8 cm³/mol. The first-order valence-electron chi connectivity index (χ1n) is 6.34. The molecule has 1 fully saturated rings. The highest BCUT2D eigenvalue weighted by molar-refractivity contribution is 5.77. The Hall–Kier alpha value is -1.32. The SMILES string of the molecule is CCC1CCC(C(=O)O)(n2ccnc2C)CC1. The number of carbonyl (C=O) groups is 1. The van der Waals surface area contributed by atoms with Gasteiger partial charge < -0.3 is 9.67 Å². The van der Waals surface area contributed by atoms with E-state index >= 15 is 0 Å². The van der Waals surface area contributed by atoms with Crippen LogP contribution in [0.5, 0.6) is 0 Å². The second-order valence-corrected chi connectivity index (χ2v) is 5.03. The van der Waals surface area contributed by atoms with E-state index in [1.165, 1.54) is 0 Å². The summed E-state index contributed by atoms with van der Waals surface area (Å²) >= 11 is 0. The van der Waals surface area contributed by atoms with Crippen LogP contribution in [0.1, 0.15) is 44.9 Å².